The summed E-state index contributed by atoms with van der Waals surface area (Å²) in [5.74, 6) is 3.41. The lowest BCUT2D eigenvalue weighted by Crippen LogP contribution is -2.36. The lowest BCUT2D eigenvalue weighted by Gasteiger charge is -2.45. The summed E-state index contributed by atoms with van der Waals surface area (Å²) in [6, 6.07) is 44.4. The Hall–Kier alpha value is -5.15. The molecule has 1 spiro atoms. The maximum atomic E-state index is 6.64. The molecule has 0 aliphatic carbocycles. The van der Waals surface area contributed by atoms with Crippen molar-refractivity contribution < 1.29 is 9.47 Å². The second kappa shape index (κ2) is 8.44. The van der Waals surface area contributed by atoms with Crippen molar-refractivity contribution in [2.75, 3.05) is 0 Å². The number of rotatable bonds is 2. The van der Waals surface area contributed by atoms with E-state index in [1.54, 1.807) is 0 Å². The van der Waals surface area contributed by atoms with Gasteiger partial charge in [-0.3, -0.25) is 4.98 Å². The van der Waals surface area contributed by atoms with Gasteiger partial charge in [-0.1, -0.05) is 91.0 Å². The molecule has 0 radical (unpaired) electrons. The van der Waals surface area contributed by atoms with Crippen LogP contribution >= 0.6 is 0 Å². The highest BCUT2D eigenvalue weighted by atomic mass is 16.5. The van der Waals surface area contributed by atoms with Crippen molar-refractivity contribution in [2.45, 2.75) is 5.41 Å². The van der Waals surface area contributed by atoms with E-state index in [1.165, 1.54) is 0 Å². The van der Waals surface area contributed by atoms with Gasteiger partial charge in [0.2, 0.25) is 0 Å². The van der Waals surface area contributed by atoms with Crippen LogP contribution in [0.1, 0.15) is 22.3 Å². The first-order valence-electron chi connectivity index (χ1n) is 13.1. The SMILES string of the molecule is c1ccc(-c2ccc3c(c2)Oc2ccccc2C32c3ccccc3Oc3cc(-c4ccncc4)ccc32)cc1. The molecule has 2 aliphatic heterocycles. The first-order chi connectivity index (χ1) is 19.3. The Bertz CT molecular complexity index is 1720. The van der Waals surface area contributed by atoms with Gasteiger partial charge in [0.15, 0.2) is 0 Å². The first kappa shape index (κ1) is 21.9. The Morgan fingerprint density at radius 1 is 0.385 bits per heavy atom. The third-order valence-corrected chi connectivity index (χ3v) is 7.91. The second-order valence-electron chi connectivity index (χ2n) is 9.97. The average Bonchev–Trinajstić information content (AvgIpc) is 3.01. The quantitative estimate of drug-likeness (QED) is 0.237. The molecule has 5 aromatic carbocycles. The molecule has 3 heterocycles. The van der Waals surface area contributed by atoms with Crippen LogP contribution in [0.3, 0.4) is 0 Å². The number of benzene rings is 5. The summed E-state index contributed by atoms with van der Waals surface area (Å²) < 4.78 is 13.3. The third-order valence-electron chi connectivity index (χ3n) is 7.91. The van der Waals surface area contributed by atoms with Crippen LogP contribution < -0.4 is 9.47 Å². The number of aromatic nitrogens is 1. The summed E-state index contributed by atoms with van der Waals surface area (Å²) in [6.45, 7) is 0. The zero-order valence-corrected chi connectivity index (χ0v) is 21.0. The van der Waals surface area contributed by atoms with Gasteiger partial charge < -0.3 is 9.47 Å². The van der Waals surface area contributed by atoms with Crippen LogP contribution in [0.5, 0.6) is 23.0 Å². The summed E-state index contributed by atoms with van der Waals surface area (Å²) >= 11 is 0. The van der Waals surface area contributed by atoms with Gasteiger partial charge in [-0.05, 0) is 58.7 Å². The number of nitrogens with zero attached hydrogens (tertiary/aromatic N) is 1. The highest BCUT2D eigenvalue weighted by Crippen LogP contribution is 2.61. The third kappa shape index (κ3) is 3.20. The van der Waals surface area contributed by atoms with E-state index in [2.05, 4.69) is 102 Å². The van der Waals surface area contributed by atoms with Crippen molar-refractivity contribution in [1.82, 2.24) is 4.98 Å². The molecule has 0 fully saturated rings. The van der Waals surface area contributed by atoms with Crippen molar-refractivity contribution in [3.8, 4) is 45.3 Å². The maximum absolute atomic E-state index is 6.64. The molecule has 1 unspecified atom stereocenters. The monoisotopic (exact) mass is 501 g/mol. The average molecular weight is 502 g/mol. The molecule has 39 heavy (non-hydrogen) atoms. The van der Waals surface area contributed by atoms with Crippen molar-refractivity contribution in [3.05, 3.63) is 162 Å². The molecule has 0 amide bonds. The van der Waals surface area contributed by atoms with Crippen molar-refractivity contribution in [1.29, 1.82) is 0 Å². The number of para-hydroxylation sites is 2. The van der Waals surface area contributed by atoms with Crippen LogP contribution in [-0.4, -0.2) is 4.98 Å². The number of hydrogen-bond donors (Lipinski definition) is 0. The van der Waals surface area contributed by atoms with Crippen LogP contribution in [0.4, 0.5) is 0 Å². The minimum atomic E-state index is -0.597. The molecule has 3 heteroatoms. The molecule has 6 aromatic rings. The van der Waals surface area contributed by atoms with E-state index in [9.17, 15) is 0 Å². The van der Waals surface area contributed by atoms with E-state index in [0.29, 0.717) is 0 Å². The first-order valence-corrected chi connectivity index (χ1v) is 13.1. The minimum Gasteiger partial charge on any atom is -0.457 e. The van der Waals surface area contributed by atoms with Gasteiger partial charge in [-0.25, -0.2) is 0 Å². The summed E-state index contributed by atoms with van der Waals surface area (Å²) in [4.78, 5) is 4.19. The largest absolute Gasteiger partial charge is 0.457 e. The van der Waals surface area contributed by atoms with Gasteiger partial charge in [0.05, 0.1) is 5.41 Å². The molecule has 0 saturated carbocycles. The van der Waals surface area contributed by atoms with E-state index >= 15 is 0 Å². The van der Waals surface area contributed by atoms with Gasteiger partial charge in [0.25, 0.3) is 0 Å². The summed E-state index contributed by atoms with van der Waals surface area (Å²) in [7, 11) is 0. The van der Waals surface area contributed by atoms with E-state index in [1.807, 2.05) is 42.7 Å². The van der Waals surface area contributed by atoms with Gasteiger partial charge in [0, 0.05) is 34.6 Å². The summed E-state index contributed by atoms with van der Waals surface area (Å²) in [5, 5.41) is 0. The maximum Gasteiger partial charge on any atom is 0.132 e. The van der Waals surface area contributed by atoms with Gasteiger partial charge in [-0.2, -0.15) is 0 Å². The lowest BCUT2D eigenvalue weighted by molar-refractivity contribution is 0.399. The Morgan fingerprint density at radius 2 is 0.846 bits per heavy atom. The number of pyridine rings is 1. The predicted octanol–water partition coefficient (Wildman–Crippen LogP) is 9.01. The number of ether oxygens (including phenoxy) is 2. The Morgan fingerprint density at radius 3 is 1.41 bits per heavy atom. The fourth-order valence-electron chi connectivity index (χ4n) is 6.21. The molecular weight excluding hydrogens is 478 g/mol. The zero-order chi connectivity index (χ0) is 25.8. The van der Waals surface area contributed by atoms with Crippen molar-refractivity contribution >= 4 is 0 Å². The highest BCUT2D eigenvalue weighted by Gasteiger charge is 2.50. The number of hydrogen-bond acceptors (Lipinski definition) is 3. The van der Waals surface area contributed by atoms with Crippen LogP contribution in [0.25, 0.3) is 22.3 Å². The van der Waals surface area contributed by atoms with E-state index in [4.69, 9.17) is 9.47 Å². The fraction of sp³-hybridized carbons (Fsp3) is 0.0278. The van der Waals surface area contributed by atoms with Crippen molar-refractivity contribution in [3.63, 3.8) is 0 Å². The molecular formula is C36H23NO2. The van der Waals surface area contributed by atoms with E-state index in [0.717, 1.165) is 67.5 Å². The van der Waals surface area contributed by atoms with E-state index in [-0.39, 0.29) is 0 Å². The van der Waals surface area contributed by atoms with Crippen LogP contribution in [0.2, 0.25) is 0 Å². The molecule has 1 aromatic heterocycles. The molecule has 0 N–H and O–H groups in total. The summed E-state index contributed by atoms with van der Waals surface area (Å²) in [5.41, 5.74) is 8.30. The molecule has 0 saturated heterocycles. The summed E-state index contributed by atoms with van der Waals surface area (Å²) in [6.07, 6.45) is 3.64. The topological polar surface area (TPSA) is 31.4 Å². The van der Waals surface area contributed by atoms with E-state index < -0.39 is 5.41 Å². The minimum absolute atomic E-state index is 0.597. The molecule has 0 bridgehead atoms. The number of fused-ring (bicyclic) bond motifs is 8. The molecule has 8 rings (SSSR count). The lowest BCUT2D eigenvalue weighted by atomic mass is 9.62. The predicted molar refractivity (Wildman–Crippen MR) is 154 cm³/mol. The fourth-order valence-corrected chi connectivity index (χ4v) is 6.21. The molecule has 1 atom stereocenters. The Kier molecular flexibility index (Phi) is 4.74. The standard InChI is InChI=1S/C36H23NO2/c1-2-8-24(9-3-1)26-14-16-30-34(22-26)38-32-12-6-4-10-28(32)36(30)29-11-5-7-13-33(29)39-35-23-27(15-17-31(35)36)25-18-20-37-21-19-25/h1-23H. The molecule has 184 valence electrons. The van der Waals surface area contributed by atoms with Gasteiger partial charge in [0.1, 0.15) is 23.0 Å². The normalized spacial score (nSPS) is 16.2. The molecule has 3 nitrogen and oxygen atoms in total. The smallest absolute Gasteiger partial charge is 0.132 e. The van der Waals surface area contributed by atoms with Crippen LogP contribution in [-0.2, 0) is 5.41 Å². The van der Waals surface area contributed by atoms with Crippen LogP contribution in [0.15, 0.2) is 140 Å². The zero-order valence-electron chi connectivity index (χ0n) is 21.0. The second-order valence-corrected chi connectivity index (χ2v) is 9.97. The van der Waals surface area contributed by atoms with Gasteiger partial charge in [-0.15, -0.1) is 0 Å². The van der Waals surface area contributed by atoms with Crippen molar-refractivity contribution in [2.24, 2.45) is 0 Å². The Labute approximate surface area is 227 Å². The van der Waals surface area contributed by atoms with Crippen LogP contribution in [0, 0.1) is 0 Å². The molecule has 2 aliphatic rings. The van der Waals surface area contributed by atoms with Gasteiger partial charge >= 0.3 is 0 Å². The highest BCUT2D eigenvalue weighted by molar-refractivity contribution is 5.79. The Balaban J connectivity index is 1.44.